The maximum Gasteiger partial charge on any atom is 0.177 e. The van der Waals surface area contributed by atoms with Crippen molar-refractivity contribution in [2.75, 3.05) is 6.26 Å². The fraction of sp³-hybridized carbons (Fsp3) is 0.300. The van der Waals surface area contributed by atoms with Crippen molar-refractivity contribution in [3.63, 3.8) is 0 Å². The molecule has 0 aliphatic rings. The molecule has 1 nitrogen and oxygen atoms in total. The predicted molar refractivity (Wildman–Crippen MR) is 73.7 cm³/mol. The van der Waals surface area contributed by atoms with Crippen molar-refractivity contribution in [3.05, 3.63) is 27.3 Å². The van der Waals surface area contributed by atoms with Crippen LogP contribution in [0.15, 0.2) is 23.1 Å². The third kappa shape index (κ3) is 2.97. The number of hydrogen-bond donors (Lipinski definition) is 0. The van der Waals surface area contributed by atoms with E-state index in [1.54, 1.807) is 11.8 Å². The Labute approximate surface area is 110 Å². The van der Waals surface area contributed by atoms with Crippen LogP contribution in [-0.4, -0.2) is 16.9 Å². The molecule has 1 aromatic carbocycles. The standard InChI is InChI=1S/C10H10BrIOS/c1-6(11)10(13)8-5-7(14-2)3-4-9(8)12/h3-6H,1-2H3. The van der Waals surface area contributed by atoms with Gasteiger partial charge in [-0.05, 0) is 54.0 Å². The van der Waals surface area contributed by atoms with Gasteiger partial charge in [0.25, 0.3) is 0 Å². The molecule has 1 aromatic rings. The molecule has 1 atom stereocenters. The molecular formula is C10H10BrIOS. The highest BCUT2D eigenvalue weighted by Crippen LogP contribution is 2.23. The summed E-state index contributed by atoms with van der Waals surface area (Å²) in [6.45, 7) is 1.85. The van der Waals surface area contributed by atoms with E-state index in [0.29, 0.717) is 0 Å². The Morgan fingerprint density at radius 1 is 1.57 bits per heavy atom. The quantitative estimate of drug-likeness (QED) is 0.339. The first-order valence-corrected chi connectivity index (χ1v) is 7.30. The summed E-state index contributed by atoms with van der Waals surface area (Å²) >= 11 is 7.14. The van der Waals surface area contributed by atoms with Gasteiger partial charge in [0, 0.05) is 14.0 Å². The Hall–Kier alpha value is 0.450. The number of carbonyl (C=O) groups is 1. The zero-order chi connectivity index (χ0) is 10.7. The Kier molecular flexibility index (Phi) is 4.93. The largest absolute Gasteiger partial charge is 0.293 e. The molecule has 0 N–H and O–H groups in total. The van der Waals surface area contributed by atoms with E-state index in [-0.39, 0.29) is 10.6 Å². The average molecular weight is 385 g/mol. The van der Waals surface area contributed by atoms with Crippen molar-refractivity contribution < 1.29 is 4.79 Å². The molecule has 0 saturated heterocycles. The Balaban J connectivity index is 3.12. The van der Waals surface area contributed by atoms with Crippen molar-refractivity contribution in [3.8, 4) is 0 Å². The van der Waals surface area contributed by atoms with Gasteiger partial charge in [-0.3, -0.25) is 4.79 Å². The van der Waals surface area contributed by atoms with Crippen LogP contribution < -0.4 is 0 Å². The Morgan fingerprint density at radius 2 is 2.21 bits per heavy atom. The number of halogens is 2. The number of Topliss-reactive ketones (excluding diaryl/α,β-unsaturated/α-hetero) is 1. The van der Waals surface area contributed by atoms with Gasteiger partial charge in [0.05, 0.1) is 4.83 Å². The minimum absolute atomic E-state index is 0.117. The van der Waals surface area contributed by atoms with Crippen LogP contribution in [0.3, 0.4) is 0 Å². The maximum atomic E-state index is 11.8. The average Bonchev–Trinajstić information content (AvgIpc) is 2.17. The van der Waals surface area contributed by atoms with Crippen LogP contribution in [0, 0.1) is 3.57 Å². The molecule has 4 heteroatoms. The van der Waals surface area contributed by atoms with Gasteiger partial charge in [-0.1, -0.05) is 15.9 Å². The van der Waals surface area contributed by atoms with Gasteiger partial charge < -0.3 is 0 Å². The molecule has 1 unspecified atom stereocenters. The lowest BCUT2D eigenvalue weighted by atomic mass is 10.1. The lowest BCUT2D eigenvalue weighted by Gasteiger charge is -2.07. The fourth-order valence-electron chi connectivity index (χ4n) is 1.03. The molecule has 0 amide bonds. The van der Waals surface area contributed by atoms with Crippen molar-refractivity contribution in [2.45, 2.75) is 16.6 Å². The second-order valence-corrected chi connectivity index (χ2v) is 6.24. The molecule has 1 rings (SSSR count). The molecular weight excluding hydrogens is 375 g/mol. The van der Waals surface area contributed by atoms with Crippen LogP contribution in [-0.2, 0) is 0 Å². The molecule has 0 bridgehead atoms. The van der Waals surface area contributed by atoms with Crippen LogP contribution in [0.5, 0.6) is 0 Å². The van der Waals surface area contributed by atoms with Gasteiger partial charge in [-0.2, -0.15) is 0 Å². The molecule has 76 valence electrons. The van der Waals surface area contributed by atoms with Crippen molar-refractivity contribution >= 4 is 56.1 Å². The highest BCUT2D eigenvalue weighted by atomic mass is 127. The van der Waals surface area contributed by atoms with Crippen LogP contribution in [0.25, 0.3) is 0 Å². The van der Waals surface area contributed by atoms with E-state index in [0.717, 1.165) is 14.0 Å². The minimum Gasteiger partial charge on any atom is -0.293 e. The monoisotopic (exact) mass is 384 g/mol. The summed E-state index contributed by atoms with van der Waals surface area (Å²) in [6, 6.07) is 5.96. The smallest absolute Gasteiger partial charge is 0.177 e. The zero-order valence-corrected chi connectivity index (χ0v) is 12.4. The normalized spacial score (nSPS) is 12.6. The molecule has 14 heavy (non-hydrogen) atoms. The predicted octanol–water partition coefficient (Wildman–Crippen LogP) is 3.98. The summed E-state index contributed by atoms with van der Waals surface area (Å²) < 4.78 is 1.01. The third-order valence-corrected chi connectivity index (χ3v) is 3.88. The number of alkyl halides is 1. The van der Waals surface area contributed by atoms with Crippen LogP contribution in [0.1, 0.15) is 17.3 Å². The first-order valence-electron chi connectivity index (χ1n) is 4.08. The molecule has 0 heterocycles. The first-order chi connectivity index (χ1) is 6.56. The van der Waals surface area contributed by atoms with Crippen LogP contribution >= 0.6 is 50.3 Å². The lowest BCUT2D eigenvalue weighted by Crippen LogP contribution is -2.11. The van der Waals surface area contributed by atoms with Gasteiger partial charge in [-0.25, -0.2) is 0 Å². The topological polar surface area (TPSA) is 17.1 Å². The number of hydrogen-bond acceptors (Lipinski definition) is 2. The van der Waals surface area contributed by atoms with E-state index in [1.807, 2.05) is 31.4 Å². The van der Waals surface area contributed by atoms with E-state index in [9.17, 15) is 4.79 Å². The molecule has 0 fully saturated rings. The van der Waals surface area contributed by atoms with Gasteiger partial charge in [-0.15, -0.1) is 11.8 Å². The third-order valence-electron chi connectivity index (χ3n) is 1.80. The van der Waals surface area contributed by atoms with Crippen LogP contribution in [0.2, 0.25) is 0 Å². The fourth-order valence-corrected chi connectivity index (χ4v) is 2.32. The summed E-state index contributed by atoms with van der Waals surface area (Å²) in [7, 11) is 0. The molecule has 0 aromatic heterocycles. The molecule has 0 radical (unpaired) electrons. The van der Waals surface area contributed by atoms with Crippen LogP contribution in [0.4, 0.5) is 0 Å². The van der Waals surface area contributed by atoms with Gasteiger partial charge in [0.2, 0.25) is 0 Å². The van der Waals surface area contributed by atoms with E-state index < -0.39 is 0 Å². The highest BCUT2D eigenvalue weighted by molar-refractivity contribution is 14.1. The van der Waals surface area contributed by atoms with E-state index in [4.69, 9.17) is 0 Å². The summed E-state index contributed by atoms with van der Waals surface area (Å²) in [6.07, 6.45) is 2.01. The second-order valence-electron chi connectivity index (χ2n) is 2.83. The summed E-state index contributed by atoms with van der Waals surface area (Å²) in [5.74, 6) is 0.144. The first kappa shape index (κ1) is 12.5. The number of thioether (sulfide) groups is 1. The number of carbonyl (C=O) groups excluding carboxylic acids is 1. The number of benzene rings is 1. The Morgan fingerprint density at radius 3 is 2.71 bits per heavy atom. The van der Waals surface area contributed by atoms with Crippen molar-refractivity contribution in [1.82, 2.24) is 0 Å². The zero-order valence-electron chi connectivity index (χ0n) is 7.88. The van der Waals surface area contributed by atoms with E-state index in [2.05, 4.69) is 38.5 Å². The maximum absolute atomic E-state index is 11.8. The van der Waals surface area contributed by atoms with Crippen molar-refractivity contribution in [2.24, 2.45) is 0 Å². The SMILES string of the molecule is CSc1ccc(I)c(C(=O)C(C)Br)c1. The molecule has 0 aliphatic carbocycles. The number of rotatable bonds is 3. The number of ketones is 1. The van der Waals surface area contributed by atoms with Crippen molar-refractivity contribution in [1.29, 1.82) is 0 Å². The summed E-state index contributed by atoms with van der Waals surface area (Å²) in [5, 5.41) is 0. The molecule has 0 saturated carbocycles. The summed E-state index contributed by atoms with van der Waals surface area (Å²) in [4.78, 5) is 12.8. The van der Waals surface area contributed by atoms with E-state index >= 15 is 0 Å². The van der Waals surface area contributed by atoms with E-state index in [1.165, 1.54) is 0 Å². The summed E-state index contributed by atoms with van der Waals surface area (Å²) in [5.41, 5.74) is 0.807. The molecule has 0 aliphatic heterocycles. The molecule has 0 spiro atoms. The lowest BCUT2D eigenvalue weighted by molar-refractivity contribution is 0.0995. The highest BCUT2D eigenvalue weighted by Gasteiger charge is 2.15. The van der Waals surface area contributed by atoms with Gasteiger partial charge >= 0.3 is 0 Å². The second kappa shape index (κ2) is 5.51. The minimum atomic E-state index is -0.117. The Bertz CT molecular complexity index is 352. The van der Waals surface area contributed by atoms with Gasteiger partial charge in [0.1, 0.15) is 0 Å². The van der Waals surface area contributed by atoms with Gasteiger partial charge in [0.15, 0.2) is 5.78 Å².